The predicted molar refractivity (Wildman–Crippen MR) is 51.5 cm³/mol. The third-order valence-electron chi connectivity index (χ3n) is 1.35. The number of hydrogen-bond donors (Lipinski definition) is 0. The van der Waals surface area contributed by atoms with Crippen LogP contribution in [0.3, 0.4) is 0 Å². The van der Waals surface area contributed by atoms with Gasteiger partial charge in [-0.1, -0.05) is 20.4 Å². The van der Waals surface area contributed by atoms with E-state index in [1.54, 1.807) is 0 Å². The van der Waals surface area contributed by atoms with Crippen LogP contribution in [-0.4, -0.2) is 24.6 Å². The monoisotopic (exact) mass is 200 g/mol. The van der Waals surface area contributed by atoms with E-state index in [9.17, 15) is 9.59 Å². The van der Waals surface area contributed by atoms with Gasteiger partial charge < -0.3 is 9.47 Å². The third-order valence-corrected chi connectivity index (χ3v) is 1.35. The average molecular weight is 200 g/mol. The van der Waals surface area contributed by atoms with Crippen LogP contribution in [0.15, 0.2) is 12.7 Å². The minimum Gasteiger partial charge on any atom is -0.463 e. The van der Waals surface area contributed by atoms with Crippen molar-refractivity contribution in [2.24, 2.45) is 5.92 Å². The molecule has 0 aromatic rings. The van der Waals surface area contributed by atoms with Crippen molar-refractivity contribution < 1.29 is 19.1 Å². The zero-order valence-electron chi connectivity index (χ0n) is 8.78. The van der Waals surface area contributed by atoms with Gasteiger partial charge >= 0.3 is 11.9 Å². The van der Waals surface area contributed by atoms with Crippen molar-refractivity contribution in [1.82, 2.24) is 0 Å². The molecule has 0 aliphatic carbocycles. The second-order valence-electron chi connectivity index (χ2n) is 3.31. The van der Waals surface area contributed by atoms with E-state index in [4.69, 9.17) is 4.74 Å². The Kier molecular flexibility index (Phi) is 5.60. The molecular weight excluding hydrogens is 184 g/mol. The number of hydrogen-bond acceptors (Lipinski definition) is 4. The smallest absolute Gasteiger partial charge is 0.347 e. The standard InChI is InChI=1S/C10H16O4/c1-5-9(11)14-8(4)10(12)13-6-7(2)3/h5,7-8H,1,6H2,2-4H3. The van der Waals surface area contributed by atoms with Gasteiger partial charge in [-0.2, -0.15) is 0 Å². The molecule has 4 nitrogen and oxygen atoms in total. The Labute approximate surface area is 83.9 Å². The van der Waals surface area contributed by atoms with E-state index in [1.807, 2.05) is 13.8 Å². The molecule has 0 aliphatic rings. The lowest BCUT2D eigenvalue weighted by atomic mass is 10.2. The fourth-order valence-electron chi connectivity index (χ4n) is 0.637. The summed E-state index contributed by atoms with van der Waals surface area (Å²) in [4.78, 5) is 21.9. The molecule has 0 amide bonds. The summed E-state index contributed by atoms with van der Waals surface area (Å²) in [6.45, 7) is 8.86. The molecule has 0 aromatic heterocycles. The lowest BCUT2D eigenvalue weighted by molar-refractivity contribution is -0.164. The highest BCUT2D eigenvalue weighted by Gasteiger charge is 2.17. The topological polar surface area (TPSA) is 52.6 Å². The minimum absolute atomic E-state index is 0.265. The lowest BCUT2D eigenvalue weighted by Crippen LogP contribution is -2.26. The Morgan fingerprint density at radius 2 is 1.93 bits per heavy atom. The van der Waals surface area contributed by atoms with Crippen molar-refractivity contribution in [3.05, 3.63) is 12.7 Å². The van der Waals surface area contributed by atoms with E-state index in [2.05, 4.69) is 11.3 Å². The summed E-state index contributed by atoms with van der Waals surface area (Å²) in [6.07, 6.45) is 0.130. The van der Waals surface area contributed by atoms with Crippen LogP contribution in [0.2, 0.25) is 0 Å². The van der Waals surface area contributed by atoms with Gasteiger partial charge in [0.05, 0.1) is 6.61 Å². The Morgan fingerprint density at radius 3 is 2.36 bits per heavy atom. The second-order valence-corrected chi connectivity index (χ2v) is 3.31. The summed E-state index contributed by atoms with van der Waals surface area (Å²) in [5.41, 5.74) is 0. The van der Waals surface area contributed by atoms with Crippen molar-refractivity contribution in [3.63, 3.8) is 0 Å². The van der Waals surface area contributed by atoms with Crippen LogP contribution in [0.1, 0.15) is 20.8 Å². The van der Waals surface area contributed by atoms with Crippen molar-refractivity contribution >= 4 is 11.9 Å². The van der Waals surface area contributed by atoms with Crippen molar-refractivity contribution in [3.8, 4) is 0 Å². The minimum atomic E-state index is -0.876. The predicted octanol–water partition coefficient (Wildman–Crippen LogP) is 1.30. The first-order valence-corrected chi connectivity index (χ1v) is 4.47. The van der Waals surface area contributed by atoms with Crippen LogP contribution >= 0.6 is 0 Å². The molecule has 0 rings (SSSR count). The van der Waals surface area contributed by atoms with Crippen LogP contribution in [0.4, 0.5) is 0 Å². The maximum absolute atomic E-state index is 11.2. The molecular formula is C10H16O4. The number of carbonyl (C=O) groups is 2. The fraction of sp³-hybridized carbons (Fsp3) is 0.600. The molecule has 0 saturated heterocycles. The van der Waals surface area contributed by atoms with Crippen LogP contribution in [0, 0.1) is 5.92 Å². The highest BCUT2D eigenvalue weighted by Crippen LogP contribution is 1.99. The molecule has 4 heteroatoms. The van der Waals surface area contributed by atoms with E-state index >= 15 is 0 Å². The third kappa shape index (κ3) is 5.35. The van der Waals surface area contributed by atoms with Gasteiger partial charge in [0.25, 0.3) is 0 Å². The molecule has 0 fully saturated rings. The Morgan fingerprint density at radius 1 is 1.36 bits per heavy atom. The number of rotatable bonds is 5. The summed E-state index contributed by atoms with van der Waals surface area (Å²) >= 11 is 0. The van der Waals surface area contributed by atoms with Gasteiger partial charge in [0, 0.05) is 6.08 Å². The molecule has 0 radical (unpaired) electrons. The van der Waals surface area contributed by atoms with Crippen LogP contribution in [-0.2, 0) is 19.1 Å². The van der Waals surface area contributed by atoms with Crippen molar-refractivity contribution in [2.75, 3.05) is 6.61 Å². The van der Waals surface area contributed by atoms with E-state index < -0.39 is 18.0 Å². The molecule has 0 spiro atoms. The molecule has 80 valence electrons. The maximum Gasteiger partial charge on any atom is 0.347 e. The molecule has 14 heavy (non-hydrogen) atoms. The van der Waals surface area contributed by atoms with E-state index in [-0.39, 0.29) is 5.92 Å². The summed E-state index contributed by atoms with van der Waals surface area (Å²) in [5.74, 6) is -0.894. The second kappa shape index (κ2) is 6.18. The van der Waals surface area contributed by atoms with E-state index in [1.165, 1.54) is 6.92 Å². The van der Waals surface area contributed by atoms with E-state index in [0.717, 1.165) is 6.08 Å². The SMILES string of the molecule is C=CC(=O)OC(C)C(=O)OCC(C)C. The lowest BCUT2D eigenvalue weighted by Gasteiger charge is -2.12. The van der Waals surface area contributed by atoms with Gasteiger partial charge in [0.2, 0.25) is 0 Å². The highest BCUT2D eigenvalue weighted by atomic mass is 16.6. The van der Waals surface area contributed by atoms with Crippen LogP contribution in [0.5, 0.6) is 0 Å². The molecule has 1 atom stereocenters. The number of esters is 2. The molecule has 0 aromatic carbocycles. The van der Waals surface area contributed by atoms with Gasteiger partial charge in [0.15, 0.2) is 6.10 Å². The maximum atomic E-state index is 11.2. The molecule has 0 heterocycles. The van der Waals surface area contributed by atoms with Gasteiger partial charge in [-0.15, -0.1) is 0 Å². The van der Waals surface area contributed by atoms with Crippen LogP contribution < -0.4 is 0 Å². The van der Waals surface area contributed by atoms with E-state index in [0.29, 0.717) is 6.61 Å². The first-order valence-electron chi connectivity index (χ1n) is 4.47. The zero-order valence-corrected chi connectivity index (χ0v) is 8.78. The largest absolute Gasteiger partial charge is 0.463 e. The number of ether oxygens (including phenoxy) is 2. The quantitative estimate of drug-likeness (QED) is 0.496. The Hall–Kier alpha value is -1.32. The van der Waals surface area contributed by atoms with Crippen molar-refractivity contribution in [2.45, 2.75) is 26.9 Å². The molecule has 0 saturated carbocycles. The molecule has 0 N–H and O–H groups in total. The van der Waals surface area contributed by atoms with Gasteiger partial charge in [-0.25, -0.2) is 9.59 Å². The summed E-state index contributed by atoms with van der Waals surface area (Å²) in [6, 6.07) is 0. The molecule has 0 aliphatic heterocycles. The average Bonchev–Trinajstić information content (AvgIpc) is 2.13. The Bertz CT molecular complexity index is 220. The summed E-state index contributed by atoms with van der Waals surface area (Å²) in [5, 5.41) is 0. The van der Waals surface area contributed by atoms with Gasteiger partial charge in [-0.3, -0.25) is 0 Å². The van der Waals surface area contributed by atoms with Crippen LogP contribution in [0.25, 0.3) is 0 Å². The molecule has 0 bridgehead atoms. The van der Waals surface area contributed by atoms with Gasteiger partial charge in [0.1, 0.15) is 0 Å². The fourth-order valence-corrected chi connectivity index (χ4v) is 0.637. The zero-order chi connectivity index (χ0) is 11.1. The summed E-state index contributed by atoms with van der Waals surface area (Å²) < 4.78 is 9.52. The normalized spacial score (nSPS) is 12.0. The summed E-state index contributed by atoms with van der Waals surface area (Å²) in [7, 11) is 0. The van der Waals surface area contributed by atoms with Gasteiger partial charge in [-0.05, 0) is 12.8 Å². The highest BCUT2D eigenvalue weighted by molar-refractivity contribution is 5.84. The first-order chi connectivity index (χ1) is 6.47. The molecule has 1 unspecified atom stereocenters. The Balaban J connectivity index is 3.87. The van der Waals surface area contributed by atoms with Crippen molar-refractivity contribution in [1.29, 1.82) is 0 Å². The number of carbonyl (C=O) groups excluding carboxylic acids is 2. The first kappa shape index (κ1) is 12.7.